The molecule has 2 saturated carbocycles. The van der Waals surface area contributed by atoms with Crippen molar-refractivity contribution in [3.63, 3.8) is 0 Å². The number of nitrogens with one attached hydrogen (secondary N) is 1. The van der Waals surface area contributed by atoms with Gasteiger partial charge in [0.1, 0.15) is 5.52 Å². The number of morpholine rings is 1. The first-order valence-corrected chi connectivity index (χ1v) is 13.2. The van der Waals surface area contributed by atoms with Crippen LogP contribution >= 0.6 is 0 Å². The summed E-state index contributed by atoms with van der Waals surface area (Å²) >= 11 is 0. The maximum atomic E-state index is 11.3. The molecule has 1 saturated heterocycles. The maximum absolute atomic E-state index is 11.3. The molecule has 5 rings (SSSR count). The Labute approximate surface area is 206 Å². The highest BCUT2D eigenvalue weighted by Crippen LogP contribution is 2.38. The van der Waals surface area contributed by atoms with E-state index in [-0.39, 0.29) is 11.7 Å². The Kier molecular flexibility index (Phi) is 7.17. The number of primary amides is 1. The fourth-order valence-corrected chi connectivity index (χ4v) is 5.91. The van der Waals surface area contributed by atoms with Crippen molar-refractivity contribution in [3.05, 3.63) is 11.5 Å². The fraction of sp³-hybridized carbons (Fsp3) is 0.720. The third-order valence-electron chi connectivity index (χ3n) is 7.88. The van der Waals surface area contributed by atoms with Crippen molar-refractivity contribution in [2.45, 2.75) is 77.2 Å². The summed E-state index contributed by atoms with van der Waals surface area (Å²) in [4.78, 5) is 28.0. The highest BCUT2D eigenvalue weighted by molar-refractivity contribution is 5.96. The molecule has 0 bridgehead atoms. The minimum absolute atomic E-state index is 0.0709. The standard InChI is InChI=1S/C25H37N7O3/c1-16-7-9-17(10-8-16)15-32-20-19(18-5-3-2-4-6-18)28-23(21(26)35-24(27)33)29-22(20)30-25(32)31-11-13-34-14-12-31/h16-18,26H,2-15H2,1H3,(H2,27,33). The molecule has 10 heteroatoms. The summed E-state index contributed by atoms with van der Waals surface area (Å²) in [6.07, 6.45) is 9.58. The van der Waals surface area contributed by atoms with Crippen LogP contribution in [0.15, 0.2) is 0 Å². The quantitative estimate of drug-likeness (QED) is 0.486. The molecule has 2 aromatic heterocycles. The largest absolute Gasteiger partial charge is 0.411 e. The topological polar surface area (TPSA) is 132 Å². The van der Waals surface area contributed by atoms with Crippen molar-refractivity contribution in [1.29, 1.82) is 5.41 Å². The van der Waals surface area contributed by atoms with Gasteiger partial charge in [0.15, 0.2) is 5.65 Å². The van der Waals surface area contributed by atoms with Crippen LogP contribution in [0, 0.1) is 17.2 Å². The SMILES string of the molecule is CC1CCC(Cn2c(N3CCOCC3)nc3nc(C(=N)OC(N)=O)nc(C4CCCCC4)c32)CC1. The molecule has 0 spiro atoms. The van der Waals surface area contributed by atoms with Gasteiger partial charge in [-0.1, -0.05) is 39.0 Å². The normalized spacial score (nSPS) is 24.0. The molecule has 10 nitrogen and oxygen atoms in total. The van der Waals surface area contributed by atoms with Gasteiger partial charge in [0.05, 0.1) is 18.9 Å². The van der Waals surface area contributed by atoms with E-state index in [9.17, 15) is 4.79 Å². The molecular formula is C25H37N7O3. The zero-order valence-electron chi connectivity index (χ0n) is 20.7. The van der Waals surface area contributed by atoms with Gasteiger partial charge in [0, 0.05) is 25.6 Å². The molecule has 2 aromatic rings. The van der Waals surface area contributed by atoms with Gasteiger partial charge in [-0.2, -0.15) is 4.98 Å². The van der Waals surface area contributed by atoms with E-state index in [4.69, 9.17) is 30.6 Å². The lowest BCUT2D eigenvalue weighted by molar-refractivity contribution is 0.121. The number of amides is 1. The molecule has 0 atom stereocenters. The molecule has 190 valence electrons. The van der Waals surface area contributed by atoms with Crippen molar-refractivity contribution in [2.75, 3.05) is 31.2 Å². The van der Waals surface area contributed by atoms with Crippen LogP contribution in [0.1, 0.15) is 82.1 Å². The summed E-state index contributed by atoms with van der Waals surface area (Å²) in [7, 11) is 0. The Bertz CT molecular complexity index is 1060. The number of carbonyl (C=O) groups excluding carboxylic acids is 1. The molecule has 3 N–H and O–H groups in total. The zero-order valence-corrected chi connectivity index (χ0v) is 20.7. The summed E-state index contributed by atoms with van der Waals surface area (Å²) < 4.78 is 12.8. The number of carbonyl (C=O) groups is 1. The van der Waals surface area contributed by atoms with E-state index in [1.807, 2.05) is 0 Å². The molecule has 1 aliphatic heterocycles. The van der Waals surface area contributed by atoms with Gasteiger partial charge in [0.25, 0.3) is 5.90 Å². The van der Waals surface area contributed by atoms with Crippen molar-refractivity contribution < 1.29 is 14.3 Å². The number of rotatable bonds is 5. The average molecular weight is 484 g/mol. The van der Waals surface area contributed by atoms with Gasteiger partial charge in [0.2, 0.25) is 11.8 Å². The van der Waals surface area contributed by atoms with Crippen LogP contribution in [-0.4, -0.2) is 57.8 Å². The van der Waals surface area contributed by atoms with E-state index >= 15 is 0 Å². The highest BCUT2D eigenvalue weighted by Gasteiger charge is 2.30. The van der Waals surface area contributed by atoms with E-state index in [0.29, 0.717) is 24.8 Å². The van der Waals surface area contributed by atoms with Gasteiger partial charge in [-0.15, -0.1) is 0 Å². The van der Waals surface area contributed by atoms with Crippen molar-refractivity contribution in [3.8, 4) is 0 Å². The molecule has 3 aliphatic rings. The van der Waals surface area contributed by atoms with Gasteiger partial charge in [-0.25, -0.2) is 14.8 Å². The number of ether oxygens (including phenoxy) is 2. The number of nitrogens with two attached hydrogens (primary N) is 1. The van der Waals surface area contributed by atoms with Gasteiger partial charge in [-0.3, -0.25) is 5.41 Å². The first-order valence-electron chi connectivity index (χ1n) is 13.2. The lowest BCUT2D eigenvalue weighted by Gasteiger charge is -2.31. The Balaban J connectivity index is 1.62. The predicted molar refractivity (Wildman–Crippen MR) is 133 cm³/mol. The van der Waals surface area contributed by atoms with E-state index in [2.05, 4.69) is 21.4 Å². The monoisotopic (exact) mass is 483 g/mol. The van der Waals surface area contributed by atoms with Crippen molar-refractivity contribution in [1.82, 2.24) is 19.5 Å². The number of aromatic nitrogens is 4. The molecule has 3 fully saturated rings. The van der Waals surface area contributed by atoms with E-state index < -0.39 is 12.0 Å². The van der Waals surface area contributed by atoms with E-state index in [1.54, 1.807) is 0 Å². The van der Waals surface area contributed by atoms with E-state index in [0.717, 1.165) is 68.4 Å². The van der Waals surface area contributed by atoms with Crippen LogP contribution in [0.2, 0.25) is 0 Å². The molecule has 35 heavy (non-hydrogen) atoms. The summed E-state index contributed by atoms with van der Waals surface area (Å²) in [5, 5.41) is 8.22. The lowest BCUT2D eigenvalue weighted by Crippen LogP contribution is -2.38. The second-order valence-electron chi connectivity index (χ2n) is 10.4. The maximum Gasteiger partial charge on any atom is 0.411 e. The predicted octanol–water partition coefficient (Wildman–Crippen LogP) is 3.96. The molecule has 0 radical (unpaired) electrons. The Morgan fingerprint density at radius 1 is 1.06 bits per heavy atom. The molecule has 0 aromatic carbocycles. The molecule has 2 aliphatic carbocycles. The smallest absolute Gasteiger partial charge is 0.388 e. The molecule has 0 unspecified atom stereocenters. The van der Waals surface area contributed by atoms with Crippen LogP contribution in [0.25, 0.3) is 11.2 Å². The number of nitrogens with zero attached hydrogens (tertiary/aromatic N) is 5. The summed E-state index contributed by atoms with van der Waals surface area (Å²) in [6.45, 7) is 6.16. The Hall–Kier alpha value is -2.75. The van der Waals surface area contributed by atoms with Crippen molar-refractivity contribution in [2.24, 2.45) is 17.6 Å². The van der Waals surface area contributed by atoms with Crippen LogP contribution in [0.4, 0.5) is 10.7 Å². The second-order valence-corrected chi connectivity index (χ2v) is 10.4. The highest BCUT2D eigenvalue weighted by atomic mass is 16.6. The Morgan fingerprint density at radius 3 is 2.46 bits per heavy atom. The summed E-state index contributed by atoms with van der Waals surface area (Å²) in [5.74, 6) is 2.21. The second kappa shape index (κ2) is 10.5. The van der Waals surface area contributed by atoms with Crippen LogP contribution in [-0.2, 0) is 16.0 Å². The first kappa shape index (κ1) is 24.0. The minimum Gasteiger partial charge on any atom is -0.388 e. The lowest BCUT2D eigenvalue weighted by atomic mass is 9.83. The molecular weight excluding hydrogens is 446 g/mol. The third kappa shape index (κ3) is 5.27. The fourth-order valence-electron chi connectivity index (χ4n) is 5.91. The Morgan fingerprint density at radius 2 is 1.77 bits per heavy atom. The van der Waals surface area contributed by atoms with E-state index in [1.165, 1.54) is 32.1 Å². The summed E-state index contributed by atoms with van der Waals surface area (Å²) in [6, 6.07) is 0. The number of hydrogen-bond donors (Lipinski definition) is 2. The van der Waals surface area contributed by atoms with Crippen LogP contribution in [0.5, 0.6) is 0 Å². The van der Waals surface area contributed by atoms with Crippen LogP contribution in [0.3, 0.4) is 0 Å². The third-order valence-corrected chi connectivity index (χ3v) is 7.88. The van der Waals surface area contributed by atoms with Crippen molar-refractivity contribution >= 4 is 29.1 Å². The van der Waals surface area contributed by atoms with Gasteiger partial charge >= 0.3 is 6.09 Å². The average Bonchev–Trinajstić information content (AvgIpc) is 3.23. The van der Waals surface area contributed by atoms with Gasteiger partial charge < -0.3 is 24.7 Å². The molecule has 1 amide bonds. The first-order chi connectivity index (χ1) is 17.0. The zero-order chi connectivity index (χ0) is 24.4. The minimum atomic E-state index is -1.04. The van der Waals surface area contributed by atoms with Crippen LogP contribution < -0.4 is 10.6 Å². The summed E-state index contributed by atoms with van der Waals surface area (Å²) in [5.41, 5.74) is 7.65. The number of anilines is 1. The molecule has 3 heterocycles. The number of imidazole rings is 1. The number of hydrogen-bond acceptors (Lipinski definition) is 8. The number of fused-ring (bicyclic) bond motifs is 1. The van der Waals surface area contributed by atoms with Gasteiger partial charge in [-0.05, 0) is 37.5 Å².